The van der Waals surface area contributed by atoms with Gasteiger partial charge in [0.15, 0.2) is 9.84 Å². The Kier molecular flexibility index (Phi) is 3.27. The lowest BCUT2D eigenvalue weighted by atomic mass is 10.1. The summed E-state index contributed by atoms with van der Waals surface area (Å²) < 4.78 is 28.7. The number of hydrogen-bond acceptors (Lipinski definition) is 5. The summed E-state index contributed by atoms with van der Waals surface area (Å²) in [5.74, 6) is 0.325. The van der Waals surface area contributed by atoms with Crippen LogP contribution in [-0.4, -0.2) is 62.2 Å². The lowest BCUT2D eigenvalue weighted by Gasteiger charge is -2.39. The molecule has 2 heterocycles. The zero-order chi connectivity index (χ0) is 11.9. The summed E-state index contributed by atoms with van der Waals surface area (Å²) in [6.07, 6.45) is 0.304. The Morgan fingerprint density at radius 2 is 1.75 bits per heavy atom. The number of nitrogens with two attached hydrogens (primary N) is 1. The first-order valence-corrected chi connectivity index (χ1v) is 7.55. The summed E-state index contributed by atoms with van der Waals surface area (Å²) in [5.41, 5.74) is 5.91. The topological polar surface area (TPSA) is 72.6 Å². The molecule has 0 saturated carbocycles. The van der Waals surface area contributed by atoms with E-state index in [4.69, 9.17) is 10.5 Å². The highest BCUT2D eigenvalue weighted by atomic mass is 32.2. The summed E-state index contributed by atoms with van der Waals surface area (Å²) in [6.45, 7) is 5.58. The van der Waals surface area contributed by atoms with E-state index in [2.05, 4.69) is 4.90 Å². The van der Waals surface area contributed by atoms with Crippen LogP contribution in [0.5, 0.6) is 0 Å². The molecule has 16 heavy (non-hydrogen) atoms. The van der Waals surface area contributed by atoms with Gasteiger partial charge in [0.25, 0.3) is 0 Å². The third kappa shape index (κ3) is 2.56. The second-order valence-electron chi connectivity index (χ2n) is 5.02. The molecule has 0 bridgehead atoms. The van der Waals surface area contributed by atoms with Crippen LogP contribution in [0.15, 0.2) is 0 Å². The Balaban J connectivity index is 2.07. The minimum Gasteiger partial charge on any atom is -0.373 e. The Hall–Kier alpha value is -0.170. The van der Waals surface area contributed by atoms with Gasteiger partial charge in [-0.05, 0) is 13.8 Å². The fourth-order valence-electron chi connectivity index (χ4n) is 2.72. The third-order valence-corrected chi connectivity index (χ3v) is 5.02. The Labute approximate surface area is 96.9 Å². The van der Waals surface area contributed by atoms with Crippen LogP contribution < -0.4 is 5.73 Å². The van der Waals surface area contributed by atoms with Crippen LogP contribution in [0.4, 0.5) is 0 Å². The van der Waals surface area contributed by atoms with Crippen molar-refractivity contribution in [3.05, 3.63) is 0 Å². The van der Waals surface area contributed by atoms with E-state index in [0.717, 1.165) is 13.1 Å². The van der Waals surface area contributed by atoms with E-state index in [9.17, 15) is 8.42 Å². The van der Waals surface area contributed by atoms with Gasteiger partial charge in [-0.15, -0.1) is 0 Å². The van der Waals surface area contributed by atoms with Crippen LogP contribution in [0.1, 0.15) is 13.8 Å². The molecule has 2 rings (SSSR count). The number of rotatable bonds is 1. The molecule has 2 saturated heterocycles. The number of nitrogens with zero attached hydrogens (tertiary/aromatic N) is 1. The van der Waals surface area contributed by atoms with Crippen molar-refractivity contribution in [1.82, 2.24) is 4.90 Å². The molecule has 0 amide bonds. The van der Waals surface area contributed by atoms with E-state index in [-0.39, 0.29) is 35.8 Å². The van der Waals surface area contributed by atoms with Crippen LogP contribution in [-0.2, 0) is 14.6 Å². The molecule has 2 unspecified atom stereocenters. The molecule has 0 aliphatic carbocycles. The number of hydrogen-bond donors (Lipinski definition) is 1. The van der Waals surface area contributed by atoms with Crippen molar-refractivity contribution in [2.75, 3.05) is 24.6 Å². The van der Waals surface area contributed by atoms with Gasteiger partial charge < -0.3 is 10.5 Å². The fraction of sp³-hybridized carbons (Fsp3) is 1.00. The molecule has 2 aliphatic heterocycles. The highest BCUT2D eigenvalue weighted by Crippen LogP contribution is 2.21. The molecular formula is C10H20N2O3S. The highest BCUT2D eigenvalue weighted by molar-refractivity contribution is 7.91. The molecule has 0 radical (unpaired) electrons. The maximum atomic E-state index is 11.5. The lowest BCUT2D eigenvalue weighted by Crippen LogP contribution is -2.55. The van der Waals surface area contributed by atoms with Crippen LogP contribution >= 0.6 is 0 Å². The summed E-state index contributed by atoms with van der Waals surface area (Å²) >= 11 is 0. The molecule has 0 spiro atoms. The monoisotopic (exact) mass is 248 g/mol. The Morgan fingerprint density at radius 3 is 2.19 bits per heavy atom. The van der Waals surface area contributed by atoms with E-state index >= 15 is 0 Å². The van der Waals surface area contributed by atoms with Gasteiger partial charge in [-0.25, -0.2) is 8.42 Å². The third-order valence-electron chi connectivity index (χ3n) is 3.28. The van der Waals surface area contributed by atoms with Gasteiger partial charge >= 0.3 is 0 Å². The minimum absolute atomic E-state index is 0.0289. The number of ether oxygens (including phenoxy) is 1. The predicted octanol–water partition coefficient (Wildman–Crippen LogP) is -0.780. The quantitative estimate of drug-likeness (QED) is 0.659. The normalized spacial score (nSPS) is 44.7. The molecule has 4 atom stereocenters. The summed E-state index contributed by atoms with van der Waals surface area (Å²) in [7, 11) is -2.94. The molecule has 2 fully saturated rings. The van der Waals surface area contributed by atoms with Crippen molar-refractivity contribution in [2.45, 2.75) is 38.1 Å². The molecule has 0 aromatic heterocycles. The van der Waals surface area contributed by atoms with Gasteiger partial charge in [0.1, 0.15) is 0 Å². The average molecular weight is 248 g/mol. The fourth-order valence-corrected chi connectivity index (χ4v) is 4.64. The maximum Gasteiger partial charge on any atom is 0.153 e. The Bertz CT molecular complexity index is 347. The molecular weight excluding hydrogens is 228 g/mol. The first-order chi connectivity index (χ1) is 7.37. The second kappa shape index (κ2) is 4.25. The number of sulfone groups is 1. The highest BCUT2D eigenvalue weighted by Gasteiger charge is 2.40. The van der Waals surface area contributed by atoms with Gasteiger partial charge in [-0.1, -0.05) is 0 Å². The van der Waals surface area contributed by atoms with Gasteiger partial charge in [-0.3, -0.25) is 4.90 Å². The Morgan fingerprint density at radius 1 is 1.19 bits per heavy atom. The van der Waals surface area contributed by atoms with Crippen LogP contribution in [0.25, 0.3) is 0 Å². The smallest absolute Gasteiger partial charge is 0.153 e. The van der Waals surface area contributed by atoms with Crippen LogP contribution in [0.3, 0.4) is 0 Å². The molecule has 94 valence electrons. The largest absolute Gasteiger partial charge is 0.373 e. The van der Waals surface area contributed by atoms with Gasteiger partial charge in [0, 0.05) is 25.2 Å². The summed E-state index contributed by atoms with van der Waals surface area (Å²) in [4.78, 5) is 2.17. The molecule has 0 aromatic rings. The lowest BCUT2D eigenvalue weighted by molar-refractivity contribution is -0.0789. The number of morpholine rings is 1. The van der Waals surface area contributed by atoms with E-state index in [1.165, 1.54) is 0 Å². The first kappa shape index (κ1) is 12.3. The van der Waals surface area contributed by atoms with Crippen molar-refractivity contribution >= 4 is 9.84 Å². The zero-order valence-electron chi connectivity index (χ0n) is 9.80. The SMILES string of the molecule is C[C@@H]1CN(C2CS(=O)(=O)CC2N)C[C@H](C)O1. The van der Waals surface area contributed by atoms with Crippen LogP contribution in [0, 0.1) is 0 Å². The average Bonchev–Trinajstić information content (AvgIpc) is 2.38. The van der Waals surface area contributed by atoms with E-state index in [1.54, 1.807) is 0 Å². The van der Waals surface area contributed by atoms with E-state index in [0.29, 0.717) is 0 Å². The van der Waals surface area contributed by atoms with Crippen molar-refractivity contribution in [1.29, 1.82) is 0 Å². The van der Waals surface area contributed by atoms with Crippen LogP contribution in [0.2, 0.25) is 0 Å². The summed E-state index contributed by atoms with van der Waals surface area (Å²) in [5, 5.41) is 0. The van der Waals surface area contributed by atoms with Crippen molar-refractivity contribution < 1.29 is 13.2 Å². The standard InChI is InChI=1S/C10H20N2O3S/c1-7-3-12(4-8(2)15-7)10-6-16(13,14)5-9(10)11/h7-10H,3-6,11H2,1-2H3/t7-,8+,9?,10?. The predicted molar refractivity (Wildman–Crippen MR) is 62.0 cm³/mol. The first-order valence-electron chi connectivity index (χ1n) is 5.73. The maximum absolute atomic E-state index is 11.5. The van der Waals surface area contributed by atoms with Gasteiger partial charge in [0.05, 0.1) is 23.7 Å². The van der Waals surface area contributed by atoms with E-state index < -0.39 is 9.84 Å². The summed E-state index contributed by atoms with van der Waals surface area (Å²) in [6, 6.07) is -0.277. The zero-order valence-corrected chi connectivity index (χ0v) is 10.6. The van der Waals surface area contributed by atoms with Crippen molar-refractivity contribution in [3.63, 3.8) is 0 Å². The molecule has 0 aromatic carbocycles. The van der Waals surface area contributed by atoms with E-state index in [1.807, 2.05) is 13.8 Å². The van der Waals surface area contributed by atoms with Crippen molar-refractivity contribution in [2.24, 2.45) is 5.73 Å². The molecule has 2 aliphatic rings. The molecule has 2 N–H and O–H groups in total. The van der Waals surface area contributed by atoms with Gasteiger partial charge in [0.2, 0.25) is 0 Å². The molecule has 6 heteroatoms. The molecule has 5 nitrogen and oxygen atoms in total. The second-order valence-corrected chi connectivity index (χ2v) is 7.17. The van der Waals surface area contributed by atoms with Gasteiger partial charge in [-0.2, -0.15) is 0 Å². The minimum atomic E-state index is -2.94. The van der Waals surface area contributed by atoms with Crippen molar-refractivity contribution in [3.8, 4) is 0 Å².